The lowest BCUT2D eigenvalue weighted by atomic mass is 10.1. The number of nitrogens with one attached hydrogen (secondary N) is 1. The van der Waals surface area contributed by atoms with E-state index in [-0.39, 0.29) is 5.91 Å². The summed E-state index contributed by atoms with van der Waals surface area (Å²) in [6.07, 6.45) is 0.694. The largest absolute Gasteiger partial charge is 0.497 e. The molecule has 1 aromatic carbocycles. The molecule has 0 fully saturated rings. The summed E-state index contributed by atoms with van der Waals surface area (Å²) >= 11 is 7.56. The lowest BCUT2D eigenvalue weighted by Crippen LogP contribution is -2.24. The van der Waals surface area contributed by atoms with E-state index in [0.717, 1.165) is 16.2 Å². The SMILES string of the molecule is COc1ccc(CCNC(=O)c2cccs2)c(Cl)c1. The van der Waals surface area contributed by atoms with Gasteiger partial charge in [-0.25, -0.2) is 0 Å². The van der Waals surface area contributed by atoms with Crippen LogP contribution in [0.1, 0.15) is 15.2 Å². The smallest absolute Gasteiger partial charge is 0.261 e. The highest BCUT2D eigenvalue weighted by Gasteiger charge is 2.06. The first-order chi connectivity index (χ1) is 9.20. The van der Waals surface area contributed by atoms with Gasteiger partial charge < -0.3 is 10.1 Å². The molecule has 1 aromatic heterocycles. The number of ether oxygens (including phenoxy) is 1. The Morgan fingerprint density at radius 3 is 2.89 bits per heavy atom. The summed E-state index contributed by atoms with van der Waals surface area (Å²) in [4.78, 5) is 12.5. The van der Waals surface area contributed by atoms with Crippen molar-refractivity contribution in [2.75, 3.05) is 13.7 Å². The minimum absolute atomic E-state index is 0.0420. The van der Waals surface area contributed by atoms with E-state index in [1.54, 1.807) is 19.2 Å². The maximum absolute atomic E-state index is 11.7. The number of benzene rings is 1. The summed E-state index contributed by atoms with van der Waals surface area (Å²) in [5.41, 5.74) is 0.994. The third-order valence-corrected chi connectivity index (χ3v) is 3.91. The van der Waals surface area contributed by atoms with Gasteiger partial charge in [-0.15, -0.1) is 11.3 Å². The van der Waals surface area contributed by atoms with E-state index in [0.29, 0.717) is 18.0 Å². The Labute approximate surface area is 121 Å². The van der Waals surface area contributed by atoms with Crippen LogP contribution >= 0.6 is 22.9 Å². The summed E-state index contributed by atoms with van der Waals surface area (Å²) in [7, 11) is 1.60. The molecule has 100 valence electrons. The number of halogens is 1. The zero-order chi connectivity index (χ0) is 13.7. The predicted molar refractivity (Wildman–Crippen MR) is 78.4 cm³/mol. The molecule has 1 N–H and O–H groups in total. The average Bonchev–Trinajstić information content (AvgIpc) is 2.94. The van der Waals surface area contributed by atoms with E-state index < -0.39 is 0 Å². The summed E-state index contributed by atoms with van der Waals surface area (Å²) in [6, 6.07) is 9.22. The molecular weight excluding hydrogens is 282 g/mol. The highest BCUT2D eigenvalue weighted by Crippen LogP contribution is 2.22. The second-order valence-electron chi connectivity index (χ2n) is 3.94. The van der Waals surface area contributed by atoms with E-state index in [2.05, 4.69) is 5.32 Å². The van der Waals surface area contributed by atoms with Gasteiger partial charge in [-0.3, -0.25) is 4.79 Å². The van der Waals surface area contributed by atoms with Crippen LogP contribution in [0, 0.1) is 0 Å². The second-order valence-corrected chi connectivity index (χ2v) is 5.30. The van der Waals surface area contributed by atoms with Crippen LogP contribution in [-0.2, 0) is 6.42 Å². The van der Waals surface area contributed by atoms with Crippen LogP contribution in [0.4, 0.5) is 0 Å². The van der Waals surface area contributed by atoms with Crippen molar-refractivity contribution in [3.8, 4) is 5.75 Å². The van der Waals surface area contributed by atoms with Gasteiger partial charge in [-0.2, -0.15) is 0 Å². The molecule has 0 unspecified atom stereocenters. The van der Waals surface area contributed by atoms with Gasteiger partial charge in [0, 0.05) is 11.6 Å². The van der Waals surface area contributed by atoms with Crippen LogP contribution in [0.25, 0.3) is 0 Å². The van der Waals surface area contributed by atoms with Crippen molar-refractivity contribution in [3.63, 3.8) is 0 Å². The number of thiophene rings is 1. The molecule has 0 spiro atoms. The Bertz CT molecular complexity index is 555. The van der Waals surface area contributed by atoms with Crippen LogP contribution < -0.4 is 10.1 Å². The Balaban J connectivity index is 1.87. The Morgan fingerprint density at radius 1 is 1.42 bits per heavy atom. The van der Waals surface area contributed by atoms with Gasteiger partial charge in [-0.05, 0) is 35.6 Å². The molecule has 0 radical (unpaired) electrons. The molecule has 5 heteroatoms. The molecule has 1 heterocycles. The van der Waals surface area contributed by atoms with E-state index in [1.807, 2.05) is 23.6 Å². The average molecular weight is 296 g/mol. The van der Waals surface area contributed by atoms with Crippen LogP contribution in [-0.4, -0.2) is 19.6 Å². The van der Waals surface area contributed by atoms with Crippen molar-refractivity contribution in [1.82, 2.24) is 5.32 Å². The molecule has 2 aromatic rings. The number of hydrogen-bond donors (Lipinski definition) is 1. The number of carbonyl (C=O) groups is 1. The number of hydrogen-bond acceptors (Lipinski definition) is 3. The first-order valence-corrected chi connectivity index (χ1v) is 7.10. The van der Waals surface area contributed by atoms with Gasteiger partial charge in [0.1, 0.15) is 5.75 Å². The summed E-state index contributed by atoms with van der Waals surface area (Å²) < 4.78 is 5.09. The molecule has 0 atom stereocenters. The first kappa shape index (κ1) is 13.9. The van der Waals surface area contributed by atoms with Crippen LogP contribution in [0.5, 0.6) is 5.75 Å². The molecular formula is C14H14ClNO2S. The van der Waals surface area contributed by atoms with E-state index in [9.17, 15) is 4.79 Å². The number of rotatable bonds is 5. The van der Waals surface area contributed by atoms with Gasteiger partial charge >= 0.3 is 0 Å². The number of carbonyl (C=O) groups excluding carboxylic acids is 1. The van der Waals surface area contributed by atoms with Gasteiger partial charge in [0.25, 0.3) is 5.91 Å². The van der Waals surface area contributed by atoms with Gasteiger partial charge in [0.05, 0.1) is 12.0 Å². The lowest BCUT2D eigenvalue weighted by Gasteiger charge is -2.07. The molecule has 0 aliphatic carbocycles. The molecule has 19 heavy (non-hydrogen) atoms. The topological polar surface area (TPSA) is 38.3 Å². The van der Waals surface area contributed by atoms with Gasteiger partial charge in [0.2, 0.25) is 0 Å². The summed E-state index contributed by atoms with van der Waals surface area (Å²) in [5.74, 6) is 0.691. The highest BCUT2D eigenvalue weighted by atomic mass is 35.5. The van der Waals surface area contributed by atoms with Crippen molar-refractivity contribution in [2.45, 2.75) is 6.42 Å². The fourth-order valence-corrected chi connectivity index (χ4v) is 2.57. The fourth-order valence-electron chi connectivity index (χ4n) is 1.66. The van der Waals surface area contributed by atoms with Crippen LogP contribution in [0.15, 0.2) is 35.7 Å². The first-order valence-electron chi connectivity index (χ1n) is 5.85. The van der Waals surface area contributed by atoms with Crippen molar-refractivity contribution < 1.29 is 9.53 Å². The van der Waals surface area contributed by atoms with E-state index in [1.165, 1.54) is 11.3 Å². The summed E-state index contributed by atoms with van der Waals surface area (Å²) in [6.45, 7) is 0.558. The second kappa shape index (κ2) is 6.59. The van der Waals surface area contributed by atoms with Gasteiger partial charge in [0.15, 0.2) is 0 Å². The minimum atomic E-state index is -0.0420. The van der Waals surface area contributed by atoms with Crippen molar-refractivity contribution in [1.29, 1.82) is 0 Å². The standard InChI is InChI=1S/C14H14ClNO2S/c1-18-11-5-4-10(12(15)9-11)6-7-16-14(17)13-3-2-8-19-13/h2-5,8-9H,6-7H2,1H3,(H,16,17). The Kier molecular flexibility index (Phi) is 4.82. The monoisotopic (exact) mass is 295 g/mol. The molecule has 3 nitrogen and oxygen atoms in total. The summed E-state index contributed by atoms with van der Waals surface area (Å²) in [5, 5.41) is 5.41. The third-order valence-electron chi connectivity index (χ3n) is 2.69. The molecule has 0 saturated heterocycles. The van der Waals surface area contributed by atoms with Crippen molar-refractivity contribution >= 4 is 28.8 Å². The Morgan fingerprint density at radius 2 is 2.26 bits per heavy atom. The van der Waals surface area contributed by atoms with Gasteiger partial charge in [-0.1, -0.05) is 23.7 Å². The van der Waals surface area contributed by atoms with Crippen LogP contribution in [0.2, 0.25) is 5.02 Å². The van der Waals surface area contributed by atoms with E-state index in [4.69, 9.17) is 16.3 Å². The molecule has 0 saturated carbocycles. The molecule has 2 rings (SSSR count). The normalized spacial score (nSPS) is 10.2. The zero-order valence-corrected chi connectivity index (χ0v) is 12.1. The number of amides is 1. The number of methoxy groups -OCH3 is 1. The Hall–Kier alpha value is -1.52. The van der Waals surface area contributed by atoms with Crippen LogP contribution in [0.3, 0.4) is 0 Å². The highest BCUT2D eigenvalue weighted by molar-refractivity contribution is 7.12. The maximum Gasteiger partial charge on any atom is 0.261 e. The van der Waals surface area contributed by atoms with Crippen molar-refractivity contribution in [3.05, 3.63) is 51.2 Å². The molecule has 1 amide bonds. The molecule has 0 aliphatic rings. The van der Waals surface area contributed by atoms with E-state index >= 15 is 0 Å². The van der Waals surface area contributed by atoms with Crippen molar-refractivity contribution in [2.24, 2.45) is 0 Å². The third kappa shape index (κ3) is 3.72. The maximum atomic E-state index is 11.7. The quantitative estimate of drug-likeness (QED) is 0.918. The molecule has 0 aliphatic heterocycles. The predicted octanol–water partition coefficient (Wildman–Crippen LogP) is 3.38. The molecule has 0 bridgehead atoms. The lowest BCUT2D eigenvalue weighted by molar-refractivity contribution is 0.0958. The minimum Gasteiger partial charge on any atom is -0.497 e. The fraction of sp³-hybridized carbons (Fsp3) is 0.214. The zero-order valence-electron chi connectivity index (χ0n) is 10.5.